The Bertz CT molecular complexity index is 1510. The predicted octanol–water partition coefficient (Wildman–Crippen LogP) is 5.85. The molecule has 0 aliphatic carbocycles. The van der Waals surface area contributed by atoms with Crippen molar-refractivity contribution in [2.45, 2.75) is 25.3 Å². The van der Waals surface area contributed by atoms with Crippen molar-refractivity contribution < 1.29 is 14.7 Å². The van der Waals surface area contributed by atoms with Crippen LogP contribution >= 0.6 is 0 Å². The Hall–Kier alpha value is -4.45. The summed E-state index contributed by atoms with van der Waals surface area (Å²) in [6.45, 7) is 2.04. The van der Waals surface area contributed by atoms with Crippen LogP contribution in [0.1, 0.15) is 36.4 Å². The molecule has 3 aromatic carbocycles. The summed E-state index contributed by atoms with van der Waals surface area (Å²) in [6.07, 6.45) is 6.88. The smallest absolute Gasteiger partial charge is 0.300 e. The number of amides is 1. The third kappa shape index (κ3) is 4.14. The number of nitrogens with zero attached hydrogens (tertiary/aromatic N) is 3. The van der Waals surface area contributed by atoms with Crippen LogP contribution in [0.25, 0.3) is 16.5 Å². The summed E-state index contributed by atoms with van der Waals surface area (Å²) in [7, 11) is 0. The van der Waals surface area contributed by atoms with E-state index in [0.717, 1.165) is 29.5 Å². The van der Waals surface area contributed by atoms with Gasteiger partial charge in [-0.2, -0.15) is 0 Å². The molecule has 3 heterocycles. The van der Waals surface area contributed by atoms with Gasteiger partial charge in [0, 0.05) is 42.4 Å². The molecule has 0 bridgehead atoms. The van der Waals surface area contributed by atoms with Gasteiger partial charge in [0.15, 0.2) is 0 Å². The first-order valence-electron chi connectivity index (χ1n) is 12.7. The van der Waals surface area contributed by atoms with Crippen LogP contribution in [0.4, 0.5) is 11.4 Å². The quantitative estimate of drug-likeness (QED) is 0.221. The van der Waals surface area contributed by atoms with Gasteiger partial charge in [-0.15, -0.1) is 0 Å². The van der Waals surface area contributed by atoms with E-state index in [1.54, 1.807) is 24.5 Å². The minimum Gasteiger partial charge on any atom is -0.507 e. The summed E-state index contributed by atoms with van der Waals surface area (Å²) >= 11 is 0. The van der Waals surface area contributed by atoms with Gasteiger partial charge in [0.2, 0.25) is 0 Å². The van der Waals surface area contributed by atoms with Crippen LogP contribution in [-0.2, 0) is 9.59 Å². The van der Waals surface area contributed by atoms with Crippen molar-refractivity contribution in [2.24, 2.45) is 0 Å². The first kappa shape index (κ1) is 23.0. The van der Waals surface area contributed by atoms with Crippen molar-refractivity contribution in [3.63, 3.8) is 0 Å². The van der Waals surface area contributed by atoms with Crippen molar-refractivity contribution in [3.05, 3.63) is 108 Å². The summed E-state index contributed by atoms with van der Waals surface area (Å²) in [5, 5.41) is 13.4. The number of pyridine rings is 1. The molecule has 1 N–H and O–H groups in total. The van der Waals surface area contributed by atoms with E-state index in [1.807, 2.05) is 66.7 Å². The number of rotatable bonds is 4. The molecule has 1 amide bonds. The zero-order chi connectivity index (χ0) is 25.4. The molecule has 37 heavy (non-hydrogen) atoms. The highest BCUT2D eigenvalue weighted by molar-refractivity contribution is 6.51. The molecule has 2 aliphatic heterocycles. The van der Waals surface area contributed by atoms with Crippen molar-refractivity contribution in [1.29, 1.82) is 0 Å². The first-order valence-corrected chi connectivity index (χ1v) is 12.7. The maximum atomic E-state index is 13.4. The number of fused-ring (bicyclic) bond motifs is 1. The Kier molecular flexibility index (Phi) is 5.93. The molecule has 184 valence electrons. The maximum Gasteiger partial charge on any atom is 0.300 e. The van der Waals surface area contributed by atoms with E-state index in [0.29, 0.717) is 16.8 Å². The van der Waals surface area contributed by atoms with Crippen molar-refractivity contribution in [2.75, 3.05) is 22.9 Å². The van der Waals surface area contributed by atoms with Crippen molar-refractivity contribution in [3.8, 4) is 0 Å². The third-order valence-corrected chi connectivity index (χ3v) is 7.32. The number of carbonyl (C=O) groups excluding carboxylic acids is 2. The number of anilines is 2. The molecule has 4 aromatic rings. The van der Waals surface area contributed by atoms with Gasteiger partial charge in [-0.3, -0.25) is 19.5 Å². The highest BCUT2D eigenvalue weighted by Gasteiger charge is 2.47. The van der Waals surface area contributed by atoms with Gasteiger partial charge in [0.25, 0.3) is 11.7 Å². The lowest BCUT2D eigenvalue weighted by Gasteiger charge is -2.30. The van der Waals surface area contributed by atoms with Crippen LogP contribution < -0.4 is 9.80 Å². The Morgan fingerprint density at radius 2 is 1.54 bits per heavy atom. The van der Waals surface area contributed by atoms with Crippen LogP contribution in [-0.4, -0.2) is 34.9 Å². The summed E-state index contributed by atoms with van der Waals surface area (Å²) in [4.78, 5) is 34.9. The average molecular weight is 490 g/mol. The lowest BCUT2D eigenvalue weighted by Crippen LogP contribution is -2.30. The fraction of sp³-hybridized carbons (Fsp3) is 0.194. The summed E-state index contributed by atoms with van der Waals surface area (Å²) in [5.41, 5.74) is 2.92. The highest BCUT2D eigenvalue weighted by Crippen LogP contribution is 2.42. The Labute approximate surface area is 215 Å². The van der Waals surface area contributed by atoms with E-state index >= 15 is 0 Å². The Morgan fingerprint density at radius 1 is 0.811 bits per heavy atom. The number of aromatic nitrogens is 1. The standard InChI is InChI=1S/C31H27N3O3/c35-29(23-11-10-21-7-2-3-8-22(21)19-23)27-28(24-9-6-16-32-20-24)34(31(37)30(27)36)26-14-12-25(13-15-26)33-17-4-1-5-18-33/h2-3,6-16,19-20,28,35H,1,4-5,17-18H2/b29-27-. The van der Waals surface area contributed by atoms with Crippen LogP contribution in [0.5, 0.6) is 0 Å². The molecule has 6 rings (SSSR count). The lowest BCUT2D eigenvalue weighted by atomic mass is 9.95. The number of hydrogen-bond donors (Lipinski definition) is 1. The number of benzene rings is 3. The fourth-order valence-corrected chi connectivity index (χ4v) is 5.42. The Morgan fingerprint density at radius 3 is 2.27 bits per heavy atom. The number of Topliss-reactive ketones (excluding diaryl/α,β-unsaturated/α-hetero) is 1. The van der Waals surface area contributed by atoms with E-state index in [2.05, 4.69) is 9.88 Å². The third-order valence-electron chi connectivity index (χ3n) is 7.32. The van der Waals surface area contributed by atoms with Gasteiger partial charge in [-0.05, 0) is 72.0 Å². The Balaban J connectivity index is 1.45. The molecule has 2 saturated heterocycles. The minimum absolute atomic E-state index is 0.0633. The van der Waals surface area contributed by atoms with Gasteiger partial charge in [-0.1, -0.05) is 42.5 Å². The maximum absolute atomic E-state index is 13.4. The number of aliphatic hydroxyl groups excluding tert-OH is 1. The van der Waals surface area contributed by atoms with Gasteiger partial charge in [-0.25, -0.2) is 0 Å². The minimum atomic E-state index is -0.791. The molecule has 2 aliphatic rings. The van der Waals surface area contributed by atoms with E-state index in [1.165, 1.54) is 24.2 Å². The largest absolute Gasteiger partial charge is 0.507 e. The summed E-state index contributed by atoms with van der Waals surface area (Å²) in [5.74, 6) is -1.56. The van der Waals surface area contributed by atoms with Crippen molar-refractivity contribution in [1.82, 2.24) is 4.98 Å². The first-order chi connectivity index (χ1) is 18.1. The van der Waals surface area contributed by atoms with Gasteiger partial charge < -0.3 is 10.0 Å². The van der Waals surface area contributed by atoms with Crippen molar-refractivity contribution >= 4 is 39.6 Å². The van der Waals surface area contributed by atoms with Crippen LogP contribution in [0.2, 0.25) is 0 Å². The van der Waals surface area contributed by atoms with Gasteiger partial charge in [0.1, 0.15) is 5.76 Å². The second-order valence-corrected chi connectivity index (χ2v) is 9.58. The number of aliphatic hydroxyl groups is 1. The number of ketones is 1. The number of hydrogen-bond acceptors (Lipinski definition) is 5. The molecule has 6 heteroatoms. The molecule has 1 aromatic heterocycles. The highest BCUT2D eigenvalue weighted by atomic mass is 16.3. The number of piperidine rings is 1. The van der Waals surface area contributed by atoms with Crippen LogP contribution in [0.3, 0.4) is 0 Å². The summed E-state index contributed by atoms with van der Waals surface area (Å²) < 4.78 is 0. The topological polar surface area (TPSA) is 73.7 Å². The molecule has 1 atom stereocenters. The molecule has 6 nitrogen and oxygen atoms in total. The average Bonchev–Trinajstić information content (AvgIpc) is 3.23. The van der Waals surface area contributed by atoms with Crippen LogP contribution in [0.15, 0.2) is 96.8 Å². The van der Waals surface area contributed by atoms with Crippen LogP contribution in [0, 0.1) is 0 Å². The molecular weight excluding hydrogens is 462 g/mol. The second kappa shape index (κ2) is 9.54. The molecule has 2 fully saturated rings. The number of carbonyl (C=O) groups is 2. The molecular formula is C31H27N3O3. The second-order valence-electron chi connectivity index (χ2n) is 9.58. The SMILES string of the molecule is O=C1C(=O)N(c2ccc(N3CCCCC3)cc2)C(c2cccnc2)/C1=C(/O)c1ccc2ccccc2c1. The molecule has 0 spiro atoms. The molecule has 1 unspecified atom stereocenters. The van der Waals surface area contributed by atoms with Gasteiger partial charge >= 0.3 is 0 Å². The monoisotopic (exact) mass is 489 g/mol. The van der Waals surface area contributed by atoms with E-state index < -0.39 is 17.7 Å². The predicted molar refractivity (Wildman–Crippen MR) is 145 cm³/mol. The zero-order valence-corrected chi connectivity index (χ0v) is 20.4. The summed E-state index contributed by atoms with van der Waals surface area (Å²) in [6, 6.07) is 23.9. The van der Waals surface area contributed by atoms with E-state index in [9.17, 15) is 14.7 Å². The zero-order valence-electron chi connectivity index (χ0n) is 20.4. The normalized spacial score (nSPS) is 19.5. The van der Waals surface area contributed by atoms with E-state index in [-0.39, 0.29) is 11.3 Å². The fourth-order valence-electron chi connectivity index (χ4n) is 5.42. The lowest BCUT2D eigenvalue weighted by molar-refractivity contribution is -0.132. The van der Waals surface area contributed by atoms with E-state index in [4.69, 9.17) is 0 Å². The van der Waals surface area contributed by atoms with Gasteiger partial charge in [0.05, 0.1) is 11.6 Å². The molecule has 0 radical (unpaired) electrons. The molecule has 0 saturated carbocycles.